The number of hydrogen-bond acceptors (Lipinski definition) is 1. The van der Waals surface area contributed by atoms with Gasteiger partial charge in [0.2, 0.25) is 0 Å². The molecule has 100 valence electrons. The monoisotopic (exact) mass is 424 g/mol. The Morgan fingerprint density at radius 1 is 1.26 bits per heavy atom. The fraction of sp³-hybridized carbons (Fsp3) is 0.0833. The molecule has 1 aromatic heterocycles. The minimum Gasteiger partial charge on any atom is -0.329 e. The van der Waals surface area contributed by atoms with Crippen molar-refractivity contribution in [3.05, 3.63) is 49.1 Å². The number of carbonyl (C=O) groups is 1. The first-order valence-corrected chi connectivity index (χ1v) is 7.51. The highest BCUT2D eigenvalue weighted by Gasteiger charge is 2.16. The van der Waals surface area contributed by atoms with Gasteiger partial charge in [0.1, 0.15) is 10.8 Å². The fourth-order valence-corrected chi connectivity index (χ4v) is 3.06. The summed E-state index contributed by atoms with van der Waals surface area (Å²) in [7, 11) is 1.68. The van der Waals surface area contributed by atoms with Crippen LogP contribution in [0, 0.1) is 0 Å². The summed E-state index contributed by atoms with van der Waals surface area (Å²) in [6.07, 6.45) is 0. The van der Waals surface area contributed by atoms with E-state index >= 15 is 0 Å². The molecule has 7 heteroatoms. The van der Waals surface area contributed by atoms with Crippen molar-refractivity contribution in [3.63, 3.8) is 0 Å². The number of nitrogens with zero attached hydrogens (tertiary/aromatic N) is 1. The summed E-state index contributed by atoms with van der Waals surface area (Å²) in [6.45, 7) is 0. The van der Waals surface area contributed by atoms with Crippen molar-refractivity contribution in [3.8, 4) is 0 Å². The van der Waals surface area contributed by atoms with Gasteiger partial charge >= 0.3 is 0 Å². The quantitative estimate of drug-likeness (QED) is 0.711. The Labute approximate surface area is 137 Å². The zero-order chi connectivity index (χ0) is 14.2. The summed E-state index contributed by atoms with van der Waals surface area (Å²) < 4.78 is 3.23. The van der Waals surface area contributed by atoms with Gasteiger partial charge in [-0.3, -0.25) is 4.79 Å². The van der Waals surface area contributed by atoms with Crippen LogP contribution < -0.4 is 5.32 Å². The fourth-order valence-electron chi connectivity index (χ4n) is 1.54. The molecule has 0 unspecified atom stereocenters. The number of aromatic nitrogens is 1. The van der Waals surface area contributed by atoms with Crippen LogP contribution in [0.3, 0.4) is 0 Å². The second kappa shape index (κ2) is 5.87. The molecule has 0 saturated carbocycles. The van der Waals surface area contributed by atoms with E-state index in [9.17, 15) is 4.79 Å². The predicted octanol–water partition coefficient (Wildman–Crippen LogP) is 5.11. The van der Waals surface area contributed by atoms with Crippen LogP contribution in [0.1, 0.15) is 10.5 Å². The maximum atomic E-state index is 12.2. The first-order valence-electron chi connectivity index (χ1n) is 5.17. The van der Waals surface area contributed by atoms with E-state index in [1.165, 1.54) is 10.6 Å². The van der Waals surface area contributed by atoms with Gasteiger partial charge in [0.15, 0.2) is 0 Å². The Morgan fingerprint density at radius 2 is 1.95 bits per heavy atom. The normalized spacial score (nSPS) is 10.6. The van der Waals surface area contributed by atoms with Gasteiger partial charge < -0.3 is 9.88 Å². The summed E-state index contributed by atoms with van der Waals surface area (Å²) in [4.78, 5) is 12.2. The van der Waals surface area contributed by atoms with Crippen LogP contribution in [-0.4, -0.2) is 10.5 Å². The summed E-state index contributed by atoms with van der Waals surface area (Å²) in [6, 6.07) is 7.01. The SMILES string of the molecule is Cn1c(C(=O)Nc2ccc(Br)cc2Br)cc(Cl)c1Cl. The Hall–Kier alpha value is -0.490. The van der Waals surface area contributed by atoms with Gasteiger partial charge in [-0.05, 0) is 40.2 Å². The van der Waals surface area contributed by atoms with E-state index in [4.69, 9.17) is 23.2 Å². The van der Waals surface area contributed by atoms with Crippen LogP contribution in [-0.2, 0) is 7.05 Å². The highest BCUT2D eigenvalue weighted by molar-refractivity contribution is 9.11. The highest BCUT2D eigenvalue weighted by Crippen LogP contribution is 2.28. The Balaban J connectivity index is 2.28. The van der Waals surface area contributed by atoms with E-state index in [0.717, 1.165) is 8.95 Å². The predicted molar refractivity (Wildman–Crippen MR) is 85.2 cm³/mol. The van der Waals surface area contributed by atoms with Crippen molar-refractivity contribution in [1.29, 1.82) is 0 Å². The van der Waals surface area contributed by atoms with Gasteiger partial charge in [0, 0.05) is 16.0 Å². The number of amides is 1. The van der Waals surface area contributed by atoms with E-state index < -0.39 is 0 Å². The number of nitrogens with one attached hydrogen (secondary N) is 1. The van der Waals surface area contributed by atoms with Gasteiger partial charge in [-0.1, -0.05) is 39.1 Å². The van der Waals surface area contributed by atoms with Crippen molar-refractivity contribution in [2.75, 3.05) is 5.32 Å². The Kier molecular flexibility index (Phi) is 4.61. The average Bonchev–Trinajstić information content (AvgIpc) is 2.60. The number of carbonyl (C=O) groups excluding carboxylic acids is 1. The zero-order valence-corrected chi connectivity index (χ0v) is 14.4. The van der Waals surface area contributed by atoms with Crippen LogP contribution in [0.5, 0.6) is 0 Å². The molecular weight excluding hydrogens is 419 g/mol. The lowest BCUT2D eigenvalue weighted by molar-refractivity contribution is 0.101. The van der Waals surface area contributed by atoms with Gasteiger partial charge in [0.05, 0.1) is 10.7 Å². The number of hydrogen-bond donors (Lipinski definition) is 1. The second-order valence-electron chi connectivity index (χ2n) is 3.81. The molecule has 0 aliphatic heterocycles. The summed E-state index contributed by atoms with van der Waals surface area (Å²) in [5, 5.41) is 3.48. The maximum absolute atomic E-state index is 12.2. The molecule has 0 saturated heterocycles. The van der Waals surface area contributed by atoms with Crippen molar-refractivity contribution in [2.45, 2.75) is 0 Å². The van der Waals surface area contributed by atoms with Crippen molar-refractivity contribution >= 4 is 66.7 Å². The molecule has 3 nitrogen and oxygen atoms in total. The minimum atomic E-state index is -0.278. The molecule has 19 heavy (non-hydrogen) atoms. The molecule has 1 N–H and O–H groups in total. The Morgan fingerprint density at radius 3 is 2.47 bits per heavy atom. The Bertz CT molecular complexity index is 655. The molecule has 2 aromatic rings. The molecule has 0 atom stereocenters. The second-order valence-corrected chi connectivity index (χ2v) is 6.34. The third kappa shape index (κ3) is 3.16. The van der Waals surface area contributed by atoms with Crippen LogP contribution in [0.15, 0.2) is 33.2 Å². The molecule has 0 radical (unpaired) electrons. The number of rotatable bonds is 2. The molecule has 0 fully saturated rings. The number of halogens is 4. The first-order chi connectivity index (χ1) is 8.90. The van der Waals surface area contributed by atoms with Gasteiger partial charge in [-0.2, -0.15) is 0 Å². The summed E-state index contributed by atoms with van der Waals surface area (Å²) >= 11 is 18.6. The molecule has 0 aliphatic rings. The minimum absolute atomic E-state index is 0.278. The molecule has 1 aromatic carbocycles. The molecule has 1 heterocycles. The highest BCUT2D eigenvalue weighted by atomic mass is 79.9. The third-order valence-corrected chi connectivity index (χ3v) is 4.52. The standard InChI is InChI=1S/C12H8Br2Cl2N2O/c1-18-10(5-8(15)11(18)16)12(19)17-9-3-2-6(13)4-7(9)14/h2-5H,1H3,(H,17,19). The summed E-state index contributed by atoms with van der Waals surface area (Å²) in [5.74, 6) is -0.278. The van der Waals surface area contributed by atoms with E-state index in [1.807, 2.05) is 12.1 Å². The molecule has 1 amide bonds. The summed E-state index contributed by atoms with van der Waals surface area (Å²) in [5.41, 5.74) is 1.06. The zero-order valence-electron chi connectivity index (χ0n) is 9.68. The maximum Gasteiger partial charge on any atom is 0.272 e. The van der Waals surface area contributed by atoms with E-state index in [-0.39, 0.29) is 5.91 Å². The van der Waals surface area contributed by atoms with Crippen molar-refractivity contribution in [1.82, 2.24) is 4.57 Å². The lowest BCUT2D eigenvalue weighted by Gasteiger charge is -2.08. The van der Waals surface area contributed by atoms with E-state index in [0.29, 0.717) is 21.6 Å². The van der Waals surface area contributed by atoms with Crippen LogP contribution in [0.4, 0.5) is 5.69 Å². The van der Waals surface area contributed by atoms with Crippen molar-refractivity contribution in [2.24, 2.45) is 7.05 Å². The van der Waals surface area contributed by atoms with Gasteiger partial charge in [-0.15, -0.1) is 0 Å². The largest absolute Gasteiger partial charge is 0.329 e. The van der Waals surface area contributed by atoms with Crippen molar-refractivity contribution < 1.29 is 4.79 Å². The third-order valence-electron chi connectivity index (χ3n) is 2.53. The molecule has 0 aliphatic carbocycles. The van der Waals surface area contributed by atoms with Crippen LogP contribution in [0.25, 0.3) is 0 Å². The molecule has 2 rings (SSSR count). The lowest BCUT2D eigenvalue weighted by Crippen LogP contribution is -2.15. The van der Waals surface area contributed by atoms with Crippen LogP contribution in [0.2, 0.25) is 10.2 Å². The molecule has 0 bridgehead atoms. The van der Waals surface area contributed by atoms with Crippen LogP contribution >= 0.6 is 55.1 Å². The average molecular weight is 427 g/mol. The smallest absolute Gasteiger partial charge is 0.272 e. The molecule has 0 spiro atoms. The molecular formula is C12H8Br2Cl2N2O. The van der Waals surface area contributed by atoms with E-state index in [1.54, 1.807) is 13.1 Å². The topological polar surface area (TPSA) is 34.0 Å². The van der Waals surface area contributed by atoms with Gasteiger partial charge in [0.25, 0.3) is 5.91 Å². The lowest BCUT2D eigenvalue weighted by atomic mass is 10.3. The first kappa shape index (κ1) is 14.9. The van der Waals surface area contributed by atoms with Gasteiger partial charge in [-0.25, -0.2) is 0 Å². The van der Waals surface area contributed by atoms with E-state index in [2.05, 4.69) is 37.2 Å². The number of anilines is 1. The number of benzene rings is 1.